The molecule has 1 aromatic heterocycles. The molecule has 6 nitrogen and oxygen atoms in total. The van der Waals surface area contributed by atoms with Crippen LogP contribution in [0.1, 0.15) is 43.7 Å². The Morgan fingerprint density at radius 2 is 2.27 bits per heavy atom. The lowest BCUT2D eigenvalue weighted by molar-refractivity contribution is -0.122. The number of aryl methyl sites for hydroxylation is 1. The van der Waals surface area contributed by atoms with Crippen molar-refractivity contribution in [1.82, 2.24) is 20.0 Å². The number of hydrogen-bond donors (Lipinski definition) is 2. The third-order valence-corrected chi connectivity index (χ3v) is 4.46. The minimum Gasteiger partial charge on any atom is -0.392 e. The summed E-state index contributed by atoms with van der Waals surface area (Å²) in [6.07, 6.45) is 6.88. The molecule has 2 fully saturated rings. The van der Waals surface area contributed by atoms with Crippen molar-refractivity contribution in [1.29, 1.82) is 0 Å². The van der Waals surface area contributed by atoms with Crippen LogP contribution in [0.2, 0.25) is 0 Å². The number of aliphatic hydroxyl groups is 1. The lowest BCUT2D eigenvalue weighted by Gasteiger charge is -2.29. The van der Waals surface area contributed by atoms with Gasteiger partial charge < -0.3 is 10.4 Å². The summed E-state index contributed by atoms with van der Waals surface area (Å²) >= 11 is 0. The second-order valence-electron chi connectivity index (χ2n) is 6.49. The SMILES string of the molecule is O=C(CN1CCC[C@H](O)C1)NCCCn1nccc1C1CC1. The highest BCUT2D eigenvalue weighted by molar-refractivity contribution is 5.77. The van der Waals surface area contributed by atoms with Gasteiger partial charge in [0.25, 0.3) is 0 Å². The number of hydrogen-bond acceptors (Lipinski definition) is 4. The second-order valence-corrected chi connectivity index (χ2v) is 6.49. The number of piperidine rings is 1. The van der Waals surface area contributed by atoms with Crippen molar-refractivity contribution < 1.29 is 9.90 Å². The van der Waals surface area contributed by atoms with Gasteiger partial charge in [0, 0.05) is 37.4 Å². The predicted octanol–water partition coefficient (Wildman–Crippen LogP) is 0.724. The van der Waals surface area contributed by atoms with E-state index >= 15 is 0 Å². The Bertz CT molecular complexity index is 498. The van der Waals surface area contributed by atoms with Gasteiger partial charge in [0.15, 0.2) is 0 Å². The van der Waals surface area contributed by atoms with Crippen LogP contribution in [-0.4, -0.2) is 58.0 Å². The summed E-state index contributed by atoms with van der Waals surface area (Å²) in [6, 6.07) is 2.11. The zero-order valence-electron chi connectivity index (χ0n) is 13.1. The van der Waals surface area contributed by atoms with E-state index in [-0.39, 0.29) is 12.0 Å². The van der Waals surface area contributed by atoms with Gasteiger partial charge in [-0.1, -0.05) is 0 Å². The van der Waals surface area contributed by atoms with Crippen LogP contribution >= 0.6 is 0 Å². The van der Waals surface area contributed by atoms with E-state index < -0.39 is 0 Å². The van der Waals surface area contributed by atoms with Crippen molar-refractivity contribution in [3.8, 4) is 0 Å². The van der Waals surface area contributed by atoms with Gasteiger partial charge in [0.1, 0.15) is 0 Å². The van der Waals surface area contributed by atoms with E-state index in [9.17, 15) is 9.90 Å². The Labute approximate surface area is 131 Å². The highest BCUT2D eigenvalue weighted by Crippen LogP contribution is 2.39. The molecule has 0 unspecified atom stereocenters. The number of rotatable bonds is 7. The molecule has 122 valence electrons. The number of likely N-dealkylation sites (tertiary alicyclic amines) is 1. The van der Waals surface area contributed by atoms with Gasteiger partial charge >= 0.3 is 0 Å². The second kappa shape index (κ2) is 7.24. The molecule has 6 heteroatoms. The van der Waals surface area contributed by atoms with Crippen molar-refractivity contribution in [2.45, 2.75) is 50.7 Å². The lowest BCUT2D eigenvalue weighted by Crippen LogP contribution is -2.44. The number of carbonyl (C=O) groups is 1. The maximum Gasteiger partial charge on any atom is 0.234 e. The van der Waals surface area contributed by atoms with E-state index in [2.05, 4.69) is 21.2 Å². The van der Waals surface area contributed by atoms with E-state index in [1.807, 2.05) is 11.1 Å². The molecular weight excluding hydrogens is 280 g/mol. The van der Waals surface area contributed by atoms with Crippen molar-refractivity contribution in [2.75, 3.05) is 26.2 Å². The van der Waals surface area contributed by atoms with E-state index in [4.69, 9.17) is 0 Å². The van der Waals surface area contributed by atoms with E-state index in [0.29, 0.717) is 25.6 Å². The summed E-state index contributed by atoms with van der Waals surface area (Å²) in [4.78, 5) is 13.9. The van der Waals surface area contributed by atoms with Crippen LogP contribution in [0.5, 0.6) is 0 Å². The van der Waals surface area contributed by atoms with Crippen molar-refractivity contribution in [3.63, 3.8) is 0 Å². The molecule has 2 N–H and O–H groups in total. The first-order valence-corrected chi connectivity index (χ1v) is 8.41. The summed E-state index contributed by atoms with van der Waals surface area (Å²) in [7, 11) is 0. The van der Waals surface area contributed by atoms with Crippen molar-refractivity contribution >= 4 is 5.91 Å². The number of aliphatic hydroxyl groups excluding tert-OH is 1. The van der Waals surface area contributed by atoms with Crippen LogP contribution in [0.3, 0.4) is 0 Å². The molecule has 1 aliphatic heterocycles. The predicted molar refractivity (Wildman–Crippen MR) is 83.5 cm³/mol. The van der Waals surface area contributed by atoms with Gasteiger partial charge in [0.2, 0.25) is 5.91 Å². The molecule has 1 amide bonds. The zero-order valence-corrected chi connectivity index (χ0v) is 13.1. The van der Waals surface area contributed by atoms with Crippen molar-refractivity contribution in [3.05, 3.63) is 18.0 Å². The average Bonchev–Trinajstić information content (AvgIpc) is 3.23. The molecule has 2 heterocycles. The fourth-order valence-corrected chi connectivity index (χ4v) is 3.15. The van der Waals surface area contributed by atoms with Gasteiger partial charge in [-0.15, -0.1) is 0 Å². The molecule has 0 bridgehead atoms. The van der Waals surface area contributed by atoms with Crippen LogP contribution in [0.25, 0.3) is 0 Å². The largest absolute Gasteiger partial charge is 0.392 e. The summed E-state index contributed by atoms with van der Waals surface area (Å²) < 4.78 is 2.07. The molecule has 1 atom stereocenters. The zero-order chi connectivity index (χ0) is 15.4. The van der Waals surface area contributed by atoms with Crippen LogP contribution in [-0.2, 0) is 11.3 Å². The smallest absolute Gasteiger partial charge is 0.234 e. The third kappa shape index (κ3) is 4.30. The van der Waals surface area contributed by atoms with Crippen LogP contribution in [0.15, 0.2) is 12.3 Å². The van der Waals surface area contributed by atoms with E-state index in [1.165, 1.54) is 18.5 Å². The molecule has 1 saturated heterocycles. The lowest BCUT2D eigenvalue weighted by atomic mass is 10.1. The minimum atomic E-state index is -0.276. The standard InChI is InChI=1S/C16H26N4O2/c21-14-3-1-9-19(11-14)12-16(22)17-7-2-10-20-15(6-8-18-20)13-4-5-13/h6,8,13-14,21H,1-5,7,9-12H2,(H,17,22)/t14-/m0/s1. The number of aromatic nitrogens is 2. The first kappa shape index (κ1) is 15.5. The first-order valence-electron chi connectivity index (χ1n) is 8.41. The molecule has 1 saturated carbocycles. The van der Waals surface area contributed by atoms with Crippen molar-refractivity contribution in [2.24, 2.45) is 0 Å². The fourth-order valence-electron chi connectivity index (χ4n) is 3.15. The summed E-state index contributed by atoms with van der Waals surface area (Å²) in [5.74, 6) is 0.764. The summed E-state index contributed by atoms with van der Waals surface area (Å²) in [6.45, 7) is 3.46. The fraction of sp³-hybridized carbons (Fsp3) is 0.750. The van der Waals surface area contributed by atoms with Gasteiger partial charge in [-0.3, -0.25) is 14.4 Å². The first-order chi connectivity index (χ1) is 10.7. The Morgan fingerprint density at radius 3 is 3.05 bits per heavy atom. The molecular formula is C16H26N4O2. The minimum absolute atomic E-state index is 0.0528. The molecule has 0 aromatic carbocycles. The van der Waals surface area contributed by atoms with E-state index in [0.717, 1.165) is 32.4 Å². The van der Waals surface area contributed by atoms with Crippen LogP contribution in [0, 0.1) is 0 Å². The number of nitrogens with one attached hydrogen (secondary N) is 1. The normalized spacial score (nSPS) is 22.7. The van der Waals surface area contributed by atoms with Gasteiger partial charge in [-0.2, -0.15) is 5.10 Å². The summed E-state index contributed by atoms with van der Waals surface area (Å²) in [5.41, 5.74) is 1.34. The Morgan fingerprint density at radius 1 is 1.41 bits per heavy atom. The molecule has 2 aliphatic rings. The van der Waals surface area contributed by atoms with Gasteiger partial charge in [0.05, 0.1) is 12.6 Å². The van der Waals surface area contributed by atoms with Gasteiger partial charge in [-0.05, 0) is 44.7 Å². The average molecular weight is 306 g/mol. The maximum atomic E-state index is 11.9. The summed E-state index contributed by atoms with van der Waals surface area (Å²) in [5, 5.41) is 16.9. The van der Waals surface area contributed by atoms with Crippen LogP contribution in [0.4, 0.5) is 0 Å². The van der Waals surface area contributed by atoms with Crippen LogP contribution < -0.4 is 5.32 Å². The molecule has 3 rings (SSSR count). The maximum absolute atomic E-state index is 11.9. The highest BCUT2D eigenvalue weighted by Gasteiger charge is 2.26. The molecule has 0 radical (unpaired) electrons. The Kier molecular flexibility index (Phi) is 5.10. The monoisotopic (exact) mass is 306 g/mol. The topological polar surface area (TPSA) is 70.4 Å². The van der Waals surface area contributed by atoms with E-state index in [1.54, 1.807) is 0 Å². The number of β-amino-alcohol motifs (C(OH)–C–C–N with tert-alkyl or cyclic N) is 1. The number of amides is 1. The molecule has 1 aliphatic carbocycles. The Balaban J connectivity index is 1.32. The van der Waals surface area contributed by atoms with Gasteiger partial charge in [-0.25, -0.2) is 0 Å². The molecule has 1 aromatic rings. The third-order valence-electron chi connectivity index (χ3n) is 4.46. The number of carbonyl (C=O) groups excluding carboxylic acids is 1. The molecule has 22 heavy (non-hydrogen) atoms. The number of nitrogens with zero attached hydrogens (tertiary/aromatic N) is 3. The quantitative estimate of drug-likeness (QED) is 0.728. The highest BCUT2D eigenvalue weighted by atomic mass is 16.3. The Hall–Kier alpha value is -1.40. The molecule has 0 spiro atoms.